The standard InChI is InChI=1S/C23H26ClFN4O2/c1-15-12-28(13-16(2)31-15)23(30)22-20(29-14-18(24)7-8-21(29)27-22)11-26-10-9-17-5-3-4-6-19(17)25/h3-8,14-16,26H,9-13H2,1-2H3/t15-,16+. The van der Waals surface area contributed by atoms with Crippen molar-refractivity contribution in [3.63, 3.8) is 0 Å². The molecule has 8 heteroatoms. The first-order valence-electron chi connectivity index (χ1n) is 10.5. The van der Waals surface area contributed by atoms with Gasteiger partial charge in [-0.2, -0.15) is 0 Å². The Morgan fingerprint density at radius 2 is 1.97 bits per heavy atom. The number of amides is 1. The van der Waals surface area contributed by atoms with E-state index in [1.165, 1.54) is 6.07 Å². The number of ether oxygens (including phenoxy) is 1. The van der Waals surface area contributed by atoms with E-state index in [4.69, 9.17) is 16.3 Å². The Morgan fingerprint density at radius 3 is 2.71 bits per heavy atom. The molecule has 6 nitrogen and oxygen atoms in total. The van der Waals surface area contributed by atoms with Crippen molar-refractivity contribution in [1.82, 2.24) is 19.6 Å². The molecule has 1 N–H and O–H groups in total. The topological polar surface area (TPSA) is 58.9 Å². The number of nitrogens with zero attached hydrogens (tertiary/aromatic N) is 3. The summed E-state index contributed by atoms with van der Waals surface area (Å²) in [6.07, 6.45) is 2.26. The van der Waals surface area contributed by atoms with E-state index in [1.54, 1.807) is 35.4 Å². The summed E-state index contributed by atoms with van der Waals surface area (Å²) in [5, 5.41) is 3.89. The van der Waals surface area contributed by atoms with Gasteiger partial charge in [0, 0.05) is 25.8 Å². The fraction of sp³-hybridized carbons (Fsp3) is 0.391. The molecule has 0 aliphatic carbocycles. The predicted molar refractivity (Wildman–Crippen MR) is 118 cm³/mol. The summed E-state index contributed by atoms with van der Waals surface area (Å²) in [4.78, 5) is 19.7. The molecule has 3 aromatic rings. The second kappa shape index (κ2) is 9.34. The summed E-state index contributed by atoms with van der Waals surface area (Å²) in [5.41, 5.74) is 2.46. The van der Waals surface area contributed by atoms with E-state index in [0.29, 0.717) is 54.5 Å². The quantitative estimate of drug-likeness (QED) is 0.589. The SMILES string of the molecule is C[C@@H]1CN(C(=O)c2nc3ccc(Cl)cn3c2CNCCc2ccccc2F)C[C@H](C)O1. The zero-order valence-corrected chi connectivity index (χ0v) is 18.4. The number of benzene rings is 1. The van der Waals surface area contributed by atoms with Crippen LogP contribution in [0.3, 0.4) is 0 Å². The van der Waals surface area contributed by atoms with Crippen molar-refractivity contribution in [2.24, 2.45) is 0 Å². The number of carbonyl (C=O) groups is 1. The smallest absolute Gasteiger partial charge is 0.274 e. The number of pyridine rings is 1. The predicted octanol–water partition coefficient (Wildman–Crippen LogP) is 3.71. The third-order valence-corrected chi connectivity index (χ3v) is 5.64. The molecule has 1 amide bonds. The molecule has 0 radical (unpaired) electrons. The van der Waals surface area contributed by atoms with Crippen LogP contribution in [0.15, 0.2) is 42.6 Å². The van der Waals surface area contributed by atoms with Crippen LogP contribution in [0.2, 0.25) is 5.02 Å². The van der Waals surface area contributed by atoms with Gasteiger partial charge in [0.05, 0.1) is 22.9 Å². The number of aromatic nitrogens is 2. The average molecular weight is 445 g/mol. The van der Waals surface area contributed by atoms with Crippen molar-refractivity contribution >= 4 is 23.2 Å². The van der Waals surface area contributed by atoms with Crippen LogP contribution < -0.4 is 5.32 Å². The lowest BCUT2D eigenvalue weighted by atomic mass is 10.1. The van der Waals surface area contributed by atoms with Gasteiger partial charge in [-0.25, -0.2) is 9.37 Å². The molecule has 0 saturated carbocycles. The Hall–Kier alpha value is -2.48. The number of imidazole rings is 1. The maximum absolute atomic E-state index is 13.9. The van der Waals surface area contributed by atoms with Crippen LogP contribution in [0.5, 0.6) is 0 Å². The molecule has 0 unspecified atom stereocenters. The minimum atomic E-state index is -0.211. The lowest BCUT2D eigenvalue weighted by Crippen LogP contribution is -2.48. The zero-order valence-electron chi connectivity index (χ0n) is 17.6. The van der Waals surface area contributed by atoms with Gasteiger partial charge < -0.3 is 19.4 Å². The van der Waals surface area contributed by atoms with Crippen molar-refractivity contribution < 1.29 is 13.9 Å². The highest BCUT2D eigenvalue weighted by atomic mass is 35.5. The second-order valence-electron chi connectivity index (χ2n) is 7.97. The Labute approximate surface area is 186 Å². The Balaban J connectivity index is 1.55. The number of fused-ring (bicyclic) bond motifs is 1. The third kappa shape index (κ3) is 4.89. The number of hydrogen-bond acceptors (Lipinski definition) is 4. The Kier molecular flexibility index (Phi) is 6.55. The van der Waals surface area contributed by atoms with Crippen molar-refractivity contribution in [3.8, 4) is 0 Å². The first kappa shape index (κ1) is 21.7. The molecule has 4 rings (SSSR count). The van der Waals surface area contributed by atoms with Crippen molar-refractivity contribution in [3.05, 3.63) is 70.4 Å². The van der Waals surface area contributed by atoms with Gasteiger partial charge in [-0.3, -0.25) is 4.79 Å². The molecule has 3 heterocycles. The second-order valence-corrected chi connectivity index (χ2v) is 8.40. The van der Waals surface area contributed by atoms with E-state index in [2.05, 4.69) is 10.3 Å². The van der Waals surface area contributed by atoms with Gasteiger partial charge in [0.2, 0.25) is 0 Å². The molecule has 1 aliphatic rings. The van der Waals surface area contributed by atoms with Gasteiger partial charge in [-0.1, -0.05) is 29.8 Å². The van der Waals surface area contributed by atoms with Crippen LogP contribution >= 0.6 is 11.6 Å². The fourth-order valence-corrected chi connectivity index (χ4v) is 4.19. The highest BCUT2D eigenvalue weighted by molar-refractivity contribution is 6.30. The highest BCUT2D eigenvalue weighted by Crippen LogP contribution is 2.20. The summed E-state index contributed by atoms with van der Waals surface area (Å²) in [6, 6.07) is 10.3. The van der Waals surface area contributed by atoms with E-state index < -0.39 is 0 Å². The van der Waals surface area contributed by atoms with Crippen molar-refractivity contribution in [1.29, 1.82) is 0 Å². The largest absolute Gasteiger partial charge is 0.372 e. The van der Waals surface area contributed by atoms with E-state index in [1.807, 2.05) is 24.3 Å². The van der Waals surface area contributed by atoms with E-state index >= 15 is 0 Å². The zero-order chi connectivity index (χ0) is 22.0. The lowest BCUT2D eigenvalue weighted by Gasteiger charge is -2.35. The number of carbonyl (C=O) groups excluding carboxylic acids is 1. The van der Waals surface area contributed by atoms with Gasteiger partial charge in [-0.05, 0) is 50.6 Å². The monoisotopic (exact) mass is 444 g/mol. The van der Waals surface area contributed by atoms with Gasteiger partial charge in [0.1, 0.15) is 11.5 Å². The molecule has 0 bridgehead atoms. The maximum Gasteiger partial charge on any atom is 0.274 e. The van der Waals surface area contributed by atoms with Crippen LogP contribution in [0.1, 0.15) is 35.6 Å². The normalized spacial score (nSPS) is 19.2. The Morgan fingerprint density at radius 1 is 1.23 bits per heavy atom. The van der Waals surface area contributed by atoms with Crippen molar-refractivity contribution in [2.45, 2.75) is 39.0 Å². The van der Waals surface area contributed by atoms with E-state index in [9.17, 15) is 9.18 Å². The van der Waals surface area contributed by atoms with Crippen LogP contribution in [-0.2, 0) is 17.7 Å². The molecule has 1 fully saturated rings. The van der Waals surface area contributed by atoms with Crippen molar-refractivity contribution in [2.75, 3.05) is 19.6 Å². The molecule has 31 heavy (non-hydrogen) atoms. The van der Waals surface area contributed by atoms with Crippen LogP contribution in [0.25, 0.3) is 5.65 Å². The lowest BCUT2D eigenvalue weighted by molar-refractivity contribution is -0.0587. The number of nitrogens with one attached hydrogen (secondary N) is 1. The summed E-state index contributed by atoms with van der Waals surface area (Å²) >= 11 is 6.20. The van der Waals surface area contributed by atoms with Gasteiger partial charge in [-0.15, -0.1) is 0 Å². The van der Waals surface area contributed by atoms with Crippen LogP contribution in [0.4, 0.5) is 4.39 Å². The van der Waals surface area contributed by atoms with Crippen LogP contribution in [-0.4, -0.2) is 52.0 Å². The first-order chi connectivity index (χ1) is 14.9. The first-order valence-corrected chi connectivity index (χ1v) is 10.9. The van der Waals surface area contributed by atoms with E-state index in [-0.39, 0.29) is 23.9 Å². The number of morpholine rings is 1. The number of halogens is 2. The van der Waals surface area contributed by atoms with Gasteiger partial charge >= 0.3 is 0 Å². The molecule has 0 spiro atoms. The number of rotatable bonds is 6. The summed E-state index contributed by atoms with van der Waals surface area (Å²) in [6.45, 7) is 5.95. The maximum atomic E-state index is 13.9. The molecular weight excluding hydrogens is 419 g/mol. The summed E-state index contributed by atoms with van der Waals surface area (Å²) in [5.74, 6) is -0.329. The molecule has 2 aromatic heterocycles. The minimum Gasteiger partial charge on any atom is -0.372 e. The summed E-state index contributed by atoms with van der Waals surface area (Å²) in [7, 11) is 0. The molecular formula is C23H26ClFN4O2. The summed E-state index contributed by atoms with van der Waals surface area (Å²) < 4.78 is 21.5. The minimum absolute atomic E-state index is 0.0264. The molecule has 2 atom stereocenters. The molecule has 1 aromatic carbocycles. The molecule has 1 saturated heterocycles. The highest BCUT2D eigenvalue weighted by Gasteiger charge is 2.30. The van der Waals surface area contributed by atoms with E-state index in [0.717, 1.165) is 5.69 Å². The van der Waals surface area contributed by atoms with Gasteiger partial charge in [0.15, 0.2) is 5.69 Å². The van der Waals surface area contributed by atoms with Gasteiger partial charge in [0.25, 0.3) is 5.91 Å². The fourth-order valence-electron chi connectivity index (χ4n) is 4.03. The third-order valence-electron chi connectivity index (χ3n) is 5.41. The Bertz CT molecular complexity index is 1080. The molecule has 164 valence electrons. The average Bonchev–Trinajstić information content (AvgIpc) is 3.08. The van der Waals surface area contributed by atoms with Crippen LogP contribution in [0, 0.1) is 5.82 Å². The molecule has 1 aliphatic heterocycles. The number of hydrogen-bond donors (Lipinski definition) is 1.